The van der Waals surface area contributed by atoms with Gasteiger partial charge in [0.1, 0.15) is 0 Å². The van der Waals surface area contributed by atoms with E-state index < -0.39 is 0 Å². The molecule has 0 unspecified atom stereocenters. The van der Waals surface area contributed by atoms with Crippen molar-refractivity contribution in [3.63, 3.8) is 0 Å². The van der Waals surface area contributed by atoms with Crippen LogP contribution in [-0.4, -0.2) is 20.3 Å². The summed E-state index contributed by atoms with van der Waals surface area (Å²) in [6, 6.07) is 16.2. The molecule has 1 aromatic heterocycles. The standard InChI is InChI=1S/C30H32ClN2O3/c1-3-19-32-24-11-4-6-13-26(24)35-28(32)17-15-22-9-8-10-23(30(22)31)16-18-29-33(20-21-34-2)25-12-5-7-14-27(25)36-29/h4-7,11-18H,3,8-10,19-21H2,1-2H3/q+1. The van der Waals surface area contributed by atoms with E-state index in [-0.39, 0.29) is 0 Å². The molecule has 1 aliphatic heterocycles. The van der Waals surface area contributed by atoms with E-state index >= 15 is 0 Å². The number of benzene rings is 2. The number of allylic oxidation sites excluding steroid dienone is 6. The molecule has 0 spiro atoms. The van der Waals surface area contributed by atoms with Gasteiger partial charge in [-0.25, -0.2) is 0 Å². The molecule has 0 saturated heterocycles. The lowest BCUT2D eigenvalue weighted by Gasteiger charge is -2.18. The summed E-state index contributed by atoms with van der Waals surface area (Å²) in [4.78, 5) is 2.14. The van der Waals surface area contributed by atoms with Gasteiger partial charge in [0.25, 0.3) is 5.52 Å². The van der Waals surface area contributed by atoms with E-state index in [9.17, 15) is 0 Å². The van der Waals surface area contributed by atoms with E-state index in [0.29, 0.717) is 6.61 Å². The molecule has 2 aromatic carbocycles. The molecule has 5 rings (SSSR count). The molecule has 0 bridgehead atoms. The van der Waals surface area contributed by atoms with Crippen molar-refractivity contribution in [3.05, 3.63) is 94.7 Å². The van der Waals surface area contributed by atoms with E-state index in [2.05, 4.69) is 46.8 Å². The first-order chi connectivity index (χ1) is 17.7. The third kappa shape index (κ3) is 4.99. The van der Waals surface area contributed by atoms with Crippen LogP contribution in [0.3, 0.4) is 0 Å². The number of ether oxygens (including phenoxy) is 2. The molecule has 0 saturated carbocycles. The number of oxazole rings is 1. The van der Waals surface area contributed by atoms with Crippen molar-refractivity contribution in [3.8, 4) is 5.75 Å². The Labute approximate surface area is 217 Å². The summed E-state index contributed by atoms with van der Waals surface area (Å²) in [6.45, 7) is 4.41. The van der Waals surface area contributed by atoms with Crippen molar-refractivity contribution in [2.24, 2.45) is 0 Å². The van der Waals surface area contributed by atoms with Crippen LogP contribution in [-0.2, 0) is 11.3 Å². The van der Waals surface area contributed by atoms with Crippen LogP contribution >= 0.6 is 11.6 Å². The Bertz CT molecular complexity index is 1370. The smallest absolute Gasteiger partial charge is 0.374 e. The van der Waals surface area contributed by atoms with Crippen LogP contribution in [0.1, 0.15) is 38.5 Å². The van der Waals surface area contributed by atoms with Crippen LogP contribution < -0.4 is 14.2 Å². The number of halogens is 1. The lowest BCUT2D eigenvalue weighted by molar-refractivity contribution is -0.678. The Kier molecular flexibility index (Phi) is 7.59. The van der Waals surface area contributed by atoms with Crippen LogP contribution in [0.15, 0.2) is 93.2 Å². The SMILES string of the molecule is CCC[n+]1c(C=CC2=C(Cl)C(=CC=C3Oc4ccccc4N3CCOC)CCC2)oc2ccccc21. The molecule has 3 aromatic rings. The molecular weight excluding hydrogens is 472 g/mol. The predicted molar refractivity (Wildman–Crippen MR) is 145 cm³/mol. The Morgan fingerprint density at radius 1 is 1.06 bits per heavy atom. The third-order valence-electron chi connectivity index (χ3n) is 6.55. The van der Waals surface area contributed by atoms with Crippen molar-refractivity contribution in [1.29, 1.82) is 0 Å². The third-order valence-corrected chi connectivity index (χ3v) is 7.04. The first kappa shape index (κ1) is 24.4. The van der Waals surface area contributed by atoms with Crippen LogP contribution in [0.5, 0.6) is 5.75 Å². The first-order valence-electron chi connectivity index (χ1n) is 12.6. The zero-order valence-corrected chi connectivity index (χ0v) is 21.6. The Hall–Kier alpha value is -3.28. The minimum Gasteiger partial charge on any atom is -0.439 e. The van der Waals surface area contributed by atoms with Crippen molar-refractivity contribution in [1.82, 2.24) is 0 Å². The number of para-hydroxylation sites is 4. The molecule has 0 amide bonds. The fourth-order valence-corrected chi connectivity index (χ4v) is 5.09. The average molecular weight is 504 g/mol. The number of hydrogen-bond acceptors (Lipinski definition) is 4. The Morgan fingerprint density at radius 2 is 1.89 bits per heavy atom. The molecule has 0 fully saturated rings. The maximum Gasteiger partial charge on any atom is 0.374 e. The van der Waals surface area contributed by atoms with Crippen molar-refractivity contribution in [2.45, 2.75) is 39.2 Å². The number of anilines is 1. The van der Waals surface area contributed by atoms with Gasteiger partial charge in [0.05, 0.1) is 18.4 Å². The van der Waals surface area contributed by atoms with Gasteiger partial charge in [-0.1, -0.05) is 48.9 Å². The number of rotatable bonds is 8. The van der Waals surface area contributed by atoms with Crippen LogP contribution in [0.25, 0.3) is 17.2 Å². The van der Waals surface area contributed by atoms with Gasteiger partial charge in [0.15, 0.2) is 12.3 Å². The predicted octanol–water partition coefficient (Wildman–Crippen LogP) is 7.13. The van der Waals surface area contributed by atoms with E-state index in [4.69, 9.17) is 25.5 Å². The summed E-state index contributed by atoms with van der Waals surface area (Å²) in [5.41, 5.74) is 5.32. The Balaban J connectivity index is 1.41. The molecule has 5 nitrogen and oxygen atoms in total. The number of fused-ring (bicyclic) bond motifs is 2. The van der Waals surface area contributed by atoms with Crippen LogP contribution in [0.2, 0.25) is 0 Å². The zero-order valence-electron chi connectivity index (χ0n) is 20.9. The highest BCUT2D eigenvalue weighted by Gasteiger charge is 2.25. The second-order valence-corrected chi connectivity index (χ2v) is 9.37. The highest BCUT2D eigenvalue weighted by Crippen LogP contribution is 2.39. The van der Waals surface area contributed by atoms with E-state index in [1.165, 1.54) is 0 Å². The number of nitrogens with zero attached hydrogens (tertiary/aromatic N) is 2. The molecule has 6 heteroatoms. The minimum absolute atomic E-state index is 0.612. The second-order valence-electron chi connectivity index (χ2n) is 9.00. The van der Waals surface area contributed by atoms with E-state index in [1.807, 2.05) is 42.5 Å². The van der Waals surface area contributed by atoms with Crippen LogP contribution in [0, 0.1) is 0 Å². The maximum atomic E-state index is 6.91. The molecule has 1 aliphatic carbocycles. The molecule has 0 radical (unpaired) electrons. The van der Waals surface area contributed by atoms with E-state index in [1.54, 1.807) is 7.11 Å². The zero-order chi connectivity index (χ0) is 24.9. The van der Waals surface area contributed by atoms with Gasteiger partial charge in [0, 0.05) is 31.2 Å². The average Bonchev–Trinajstić information content (AvgIpc) is 3.44. The monoisotopic (exact) mass is 503 g/mol. The summed E-state index contributed by atoms with van der Waals surface area (Å²) in [6.07, 6.45) is 12.2. The lowest BCUT2D eigenvalue weighted by Crippen LogP contribution is -2.34. The summed E-state index contributed by atoms with van der Waals surface area (Å²) in [5.74, 6) is 2.49. The fourth-order valence-electron chi connectivity index (χ4n) is 4.77. The Morgan fingerprint density at radius 3 is 2.75 bits per heavy atom. The largest absolute Gasteiger partial charge is 0.439 e. The fraction of sp³-hybridized carbons (Fsp3) is 0.300. The van der Waals surface area contributed by atoms with Gasteiger partial charge in [-0.2, -0.15) is 4.57 Å². The summed E-state index contributed by atoms with van der Waals surface area (Å²) < 4.78 is 19.8. The quantitative estimate of drug-likeness (QED) is 0.306. The second kappa shape index (κ2) is 11.2. The number of aromatic nitrogens is 1. The molecule has 2 heterocycles. The summed E-state index contributed by atoms with van der Waals surface area (Å²) >= 11 is 6.91. The van der Waals surface area contributed by atoms with Crippen molar-refractivity contribution < 1.29 is 18.5 Å². The highest BCUT2D eigenvalue weighted by molar-refractivity contribution is 6.32. The number of methoxy groups -OCH3 is 1. The summed E-state index contributed by atoms with van der Waals surface area (Å²) in [7, 11) is 1.71. The van der Waals surface area contributed by atoms with Crippen molar-refractivity contribution >= 4 is 34.5 Å². The summed E-state index contributed by atoms with van der Waals surface area (Å²) in [5, 5.41) is 0.812. The molecule has 36 heavy (non-hydrogen) atoms. The van der Waals surface area contributed by atoms with E-state index in [0.717, 1.165) is 89.3 Å². The van der Waals surface area contributed by atoms with Gasteiger partial charge >= 0.3 is 5.89 Å². The van der Waals surface area contributed by atoms with Gasteiger partial charge in [-0.3, -0.25) is 0 Å². The molecule has 0 atom stereocenters. The molecule has 0 N–H and O–H groups in total. The minimum atomic E-state index is 0.612. The molecule has 186 valence electrons. The lowest BCUT2D eigenvalue weighted by atomic mass is 9.94. The van der Waals surface area contributed by atoms with Gasteiger partial charge in [0.2, 0.25) is 11.5 Å². The number of aryl methyl sites for hydroxylation is 1. The van der Waals surface area contributed by atoms with Gasteiger partial charge in [-0.05, 0) is 60.8 Å². The van der Waals surface area contributed by atoms with Gasteiger partial charge in [-0.15, -0.1) is 0 Å². The van der Waals surface area contributed by atoms with Crippen LogP contribution in [0.4, 0.5) is 5.69 Å². The van der Waals surface area contributed by atoms with Gasteiger partial charge < -0.3 is 18.8 Å². The highest BCUT2D eigenvalue weighted by atomic mass is 35.5. The maximum absolute atomic E-state index is 6.91. The topological polar surface area (TPSA) is 38.7 Å². The normalized spacial score (nSPS) is 18.1. The number of hydrogen-bond donors (Lipinski definition) is 0. The van der Waals surface area contributed by atoms with Crippen molar-refractivity contribution in [2.75, 3.05) is 25.2 Å². The molecular formula is C30H32ClN2O3+. The first-order valence-corrected chi connectivity index (χ1v) is 13.0. The molecule has 2 aliphatic rings.